The van der Waals surface area contributed by atoms with Crippen molar-refractivity contribution in [3.05, 3.63) is 23.2 Å². The lowest BCUT2D eigenvalue weighted by Gasteiger charge is -2.31. The zero-order chi connectivity index (χ0) is 15.4. The van der Waals surface area contributed by atoms with E-state index in [9.17, 15) is 9.59 Å². The molecule has 1 saturated heterocycles. The van der Waals surface area contributed by atoms with Crippen molar-refractivity contribution < 1.29 is 9.59 Å². The van der Waals surface area contributed by atoms with E-state index in [0.29, 0.717) is 23.8 Å². The SMILES string of the molecule is CSc1ccc(Cl)cc1NC(=O)N1CCC[C@H](C(N)=O)C1. The lowest BCUT2D eigenvalue weighted by atomic mass is 9.98. The Labute approximate surface area is 133 Å². The van der Waals surface area contributed by atoms with E-state index in [1.54, 1.807) is 17.0 Å². The van der Waals surface area contributed by atoms with Gasteiger partial charge in [-0.1, -0.05) is 11.6 Å². The lowest BCUT2D eigenvalue weighted by Crippen LogP contribution is -2.45. The topological polar surface area (TPSA) is 75.4 Å². The summed E-state index contributed by atoms with van der Waals surface area (Å²) in [6.45, 7) is 1.00. The molecule has 0 aromatic heterocycles. The molecule has 21 heavy (non-hydrogen) atoms. The Hall–Kier alpha value is -1.40. The molecule has 0 spiro atoms. The Morgan fingerprint density at radius 3 is 2.90 bits per heavy atom. The molecule has 3 amide bonds. The van der Waals surface area contributed by atoms with Gasteiger partial charge in [0.15, 0.2) is 0 Å². The number of hydrogen-bond donors (Lipinski definition) is 2. The zero-order valence-corrected chi connectivity index (χ0v) is 13.3. The van der Waals surface area contributed by atoms with Crippen LogP contribution >= 0.6 is 23.4 Å². The van der Waals surface area contributed by atoms with E-state index in [0.717, 1.165) is 17.7 Å². The molecular formula is C14H18ClN3O2S. The molecular weight excluding hydrogens is 310 g/mol. The van der Waals surface area contributed by atoms with Crippen molar-refractivity contribution >= 4 is 41.0 Å². The summed E-state index contributed by atoms with van der Waals surface area (Å²) in [6, 6.07) is 5.15. The van der Waals surface area contributed by atoms with Crippen molar-refractivity contribution in [1.29, 1.82) is 0 Å². The molecule has 3 N–H and O–H groups in total. The summed E-state index contributed by atoms with van der Waals surface area (Å²) in [5.41, 5.74) is 6.01. The first kappa shape index (κ1) is 16.0. The molecule has 1 atom stereocenters. The molecule has 1 aromatic rings. The number of urea groups is 1. The van der Waals surface area contributed by atoms with Crippen LogP contribution in [0, 0.1) is 5.92 Å². The number of hydrogen-bond acceptors (Lipinski definition) is 3. The quantitative estimate of drug-likeness (QED) is 0.838. The van der Waals surface area contributed by atoms with Crippen LogP contribution in [0.5, 0.6) is 0 Å². The number of nitrogens with one attached hydrogen (secondary N) is 1. The van der Waals surface area contributed by atoms with Crippen molar-refractivity contribution in [2.45, 2.75) is 17.7 Å². The van der Waals surface area contributed by atoms with Crippen molar-refractivity contribution in [2.24, 2.45) is 11.7 Å². The molecule has 1 heterocycles. The third kappa shape index (κ3) is 4.04. The first-order valence-electron chi connectivity index (χ1n) is 6.70. The van der Waals surface area contributed by atoms with Crippen LogP contribution in [0.3, 0.4) is 0 Å². The van der Waals surface area contributed by atoms with Crippen LogP contribution in [-0.2, 0) is 4.79 Å². The second kappa shape index (κ2) is 7.04. The molecule has 0 aliphatic carbocycles. The molecule has 0 bridgehead atoms. The summed E-state index contributed by atoms with van der Waals surface area (Å²) in [4.78, 5) is 26.2. The normalized spacial score (nSPS) is 18.4. The maximum absolute atomic E-state index is 12.3. The Kier molecular flexibility index (Phi) is 5.36. The highest BCUT2D eigenvalue weighted by Gasteiger charge is 2.27. The summed E-state index contributed by atoms with van der Waals surface area (Å²) in [7, 11) is 0. The number of piperidine rings is 1. The Balaban J connectivity index is 2.07. The van der Waals surface area contributed by atoms with Gasteiger partial charge in [0.05, 0.1) is 11.6 Å². The van der Waals surface area contributed by atoms with Gasteiger partial charge in [0.2, 0.25) is 5.91 Å². The molecule has 0 unspecified atom stereocenters. The average molecular weight is 328 g/mol. The number of primary amides is 1. The maximum Gasteiger partial charge on any atom is 0.321 e. The number of carbonyl (C=O) groups is 2. The van der Waals surface area contributed by atoms with Crippen LogP contribution in [0.4, 0.5) is 10.5 Å². The number of carbonyl (C=O) groups excluding carboxylic acids is 2. The Morgan fingerprint density at radius 1 is 1.48 bits per heavy atom. The zero-order valence-electron chi connectivity index (χ0n) is 11.8. The number of anilines is 1. The van der Waals surface area contributed by atoms with Crippen LogP contribution < -0.4 is 11.1 Å². The number of rotatable bonds is 3. The highest BCUT2D eigenvalue weighted by atomic mass is 35.5. The lowest BCUT2D eigenvalue weighted by molar-refractivity contribution is -0.123. The molecule has 1 fully saturated rings. The molecule has 114 valence electrons. The van der Waals surface area contributed by atoms with Crippen molar-refractivity contribution in [3.63, 3.8) is 0 Å². The van der Waals surface area contributed by atoms with Crippen LogP contribution in [0.1, 0.15) is 12.8 Å². The van der Waals surface area contributed by atoms with Crippen molar-refractivity contribution in [2.75, 3.05) is 24.7 Å². The number of nitrogens with two attached hydrogens (primary N) is 1. The number of likely N-dealkylation sites (tertiary alicyclic amines) is 1. The third-order valence-corrected chi connectivity index (χ3v) is 4.55. The second-order valence-electron chi connectivity index (χ2n) is 4.96. The molecule has 0 radical (unpaired) electrons. The summed E-state index contributed by atoms with van der Waals surface area (Å²) in [6.07, 6.45) is 3.46. The molecule has 0 saturated carbocycles. The number of halogens is 1. The van der Waals surface area contributed by atoms with Crippen molar-refractivity contribution in [1.82, 2.24) is 4.90 Å². The smallest absolute Gasteiger partial charge is 0.321 e. The van der Waals surface area contributed by atoms with Gasteiger partial charge in [0.25, 0.3) is 0 Å². The van der Waals surface area contributed by atoms with E-state index in [1.807, 2.05) is 12.3 Å². The van der Waals surface area contributed by atoms with E-state index >= 15 is 0 Å². The molecule has 1 aliphatic rings. The van der Waals surface area contributed by atoms with Gasteiger partial charge in [0.1, 0.15) is 0 Å². The van der Waals surface area contributed by atoms with Crippen LogP contribution in [0.2, 0.25) is 5.02 Å². The first-order chi connectivity index (χ1) is 10.0. The van der Waals surface area contributed by atoms with Crippen LogP contribution in [-0.4, -0.2) is 36.2 Å². The summed E-state index contributed by atoms with van der Waals surface area (Å²) >= 11 is 7.50. The van der Waals surface area contributed by atoms with Gasteiger partial charge in [-0.15, -0.1) is 11.8 Å². The minimum Gasteiger partial charge on any atom is -0.369 e. The minimum absolute atomic E-state index is 0.224. The maximum atomic E-state index is 12.3. The Morgan fingerprint density at radius 2 is 2.24 bits per heavy atom. The molecule has 1 aromatic carbocycles. The monoisotopic (exact) mass is 327 g/mol. The number of benzene rings is 1. The van der Waals surface area contributed by atoms with Crippen molar-refractivity contribution in [3.8, 4) is 0 Å². The Bertz CT molecular complexity index is 553. The van der Waals surface area contributed by atoms with Gasteiger partial charge in [-0.25, -0.2) is 4.79 Å². The van der Waals surface area contributed by atoms with Gasteiger partial charge in [-0.2, -0.15) is 0 Å². The second-order valence-corrected chi connectivity index (χ2v) is 6.25. The number of amides is 3. The largest absolute Gasteiger partial charge is 0.369 e. The summed E-state index contributed by atoms with van der Waals surface area (Å²) in [5, 5.41) is 3.43. The highest BCUT2D eigenvalue weighted by Crippen LogP contribution is 2.29. The van der Waals surface area contributed by atoms with Crippen LogP contribution in [0.25, 0.3) is 0 Å². The average Bonchev–Trinajstić information content (AvgIpc) is 2.47. The van der Waals surface area contributed by atoms with E-state index in [2.05, 4.69) is 5.32 Å². The van der Waals surface area contributed by atoms with E-state index in [1.165, 1.54) is 11.8 Å². The van der Waals surface area contributed by atoms with E-state index in [-0.39, 0.29) is 17.9 Å². The number of nitrogens with zero attached hydrogens (tertiary/aromatic N) is 1. The standard InChI is InChI=1S/C14H18ClN3O2S/c1-21-12-5-4-10(15)7-11(12)17-14(20)18-6-2-3-9(8-18)13(16)19/h4-5,7,9H,2-3,6,8H2,1H3,(H2,16,19)(H,17,20)/t9-/m0/s1. The van der Waals surface area contributed by atoms with Crippen LogP contribution in [0.15, 0.2) is 23.1 Å². The molecule has 5 nitrogen and oxygen atoms in total. The van der Waals surface area contributed by atoms with E-state index in [4.69, 9.17) is 17.3 Å². The fourth-order valence-corrected chi connectivity index (χ4v) is 3.07. The van der Waals surface area contributed by atoms with Gasteiger partial charge < -0.3 is 16.0 Å². The van der Waals surface area contributed by atoms with Gasteiger partial charge in [-0.05, 0) is 37.3 Å². The first-order valence-corrected chi connectivity index (χ1v) is 8.30. The summed E-state index contributed by atoms with van der Waals surface area (Å²) < 4.78 is 0. The molecule has 2 rings (SSSR count). The molecule has 1 aliphatic heterocycles. The van der Waals surface area contributed by atoms with Gasteiger partial charge in [-0.3, -0.25) is 4.79 Å². The predicted octanol–water partition coefficient (Wildman–Crippen LogP) is 2.79. The number of thioether (sulfide) groups is 1. The van der Waals surface area contributed by atoms with E-state index < -0.39 is 0 Å². The fourth-order valence-electron chi connectivity index (χ4n) is 2.37. The van der Waals surface area contributed by atoms with Gasteiger partial charge in [0, 0.05) is 23.0 Å². The van der Waals surface area contributed by atoms with Gasteiger partial charge >= 0.3 is 6.03 Å². The predicted molar refractivity (Wildman–Crippen MR) is 85.7 cm³/mol. The fraction of sp³-hybridized carbons (Fsp3) is 0.429. The highest BCUT2D eigenvalue weighted by molar-refractivity contribution is 7.98. The molecule has 7 heteroatoms. The minimum atomic E-state index is -0.347. The third-order valence-electron chi connectivity index (χ3n) is 3.51. The summed E-state index contributed by atoms with van der Waals surface area (Å²) in [5.74, 6) is -0.607.